The van der Waals surface area contributed by atoms with Crippen LogP contribution in [0.5, 0.6) is 11.5 Å². The van der Waals surface area contributed by atoms with Gasteiger partial charge in [-0.3, -0.25) is 9.59 Å². The molecule has 0 atom stereocenters. The molecule has 0 saturated carbocycles. The first-order chi connectivity index (χ1) is 11.1. The van der Waals surface area contributed by atoms with E-state index in [1.165, 1.54) is 0 Å². The predicted molar refractivity (Wildman–Crippen MR) is 88.2 cm³/mol. The lowest BCUT2D eigenvalue weighted by atomic mass is 10.0. The van der Waals surface area contributed by atoms with Crippen molar-refractivity contribution in [3.05, 3.63) is 23.8 Å². The van der Waals surface area contributed by atoms with Crippen molar-refractivity contribution in [2.45, 2.75) is 45.4 Å². The summed E-state index contributed by atoms with van der Waals surface area (Å²) in [5.74, 6) is 1.13. The number of esters is 1. The predicted octanol–water partition coefficient (Wildman–Crippen LogP) is 3.79. The Labute approximate surface area is 137 Å². The Morgan fingerprint density at radius 1 is 0.913 bits per heavy atom. The van der Waals surface area contributed by atoms with Gasteiger partial charge in [0, 0.05) is 18.4 Å². The first kappa shape index (κ1) is 19.0. The molecule has 0 heterocycles. The van der Waals surface area contributed by atoms with Crippen LogP contribution in [-0.4, -0.2) is 32.6 Å². The highest BCUT2D eigenvalue weighted by atomic mass is 16.5. The van der Waals surface area contributed by atoms with Crippen molar-refractivity contribution in [1.29, 1.82) is 0 Å². The summed E-state index contributed by atoms with van der Waals surface area (Å²) in [4.78, 5) is 23.4. The summed E-state index contributed by atoms with van der Waals surface area (Å²) >= 11 is 0. The lowest BCUT2D eigenvalue weighted by Gasteiger charge is -2.09. The first-order valence-corrected chi connectivity index (χ1v) is 8.03. The number of methoxy groups -OCH3 is 2. The highest BCUT2D eigenvalue weighted by Crippen LogP contribution is 2.28. The van der Waals surface area contributed by atoms with Crippen LogP contribution in [0.25, 0.3) is 0 Å². The van der Waals surface area contributed by atoms with Crippen molar-refractivity contribution in [3.63, 3.8) is 0 Å². The Balaban J connectivity index is 2.30. The van der Waals surface area contributed by atoms with Crippen LogP contribution in [0.4, 0.5) is 0 Å². The highest BCUT2D eigenvalue weighted by molar-refractivity contribution is 5.96. The molecule has 5 heteroatoms. The largest absolute Gasteiger partial charge is 0.493 e. The summed E-state index contributed by atoms with van der Waals surface area (Å²) < 4.78 is 15.2. The molecular formula is C18H26O5. The minimum atomic E-state index is -0.145. The van der Waals surface area contributed by atoms with Crippen LogP contribution >= 0.6 is 0 Å². The molecule has 0 amide bonds. The lowest BCUT2D eigenvalue weighted by Crippen LogP contribution is -2.03. The van der Waals surface area contributed by atoms with Gasteiger partial charge in [0.15, 0.2) is 17.3 Å². The quantitative estimate of drug-likeness (QED) is 0.352. The fourth-order valence-corrected chi connectivity index (χ4v) is 2.30. The van der Waals surface area contributed by atoms with Gasteiger partial charge in [0.1, 0.15) is 0 Å². The van der Waals surface area contributed by atoms with Gasteiger partial charge < -0.3 is 14.2 Å². The van der Waals surface area contributed by atoms with E-state index in [9.17, 15) is 9.59 Å². The third-order valence-corrected chi connectivity index (χ3v) is 3.55. The number of carbonyl (C=O) groups is 2. The minimum Gasteiger partial charge on any atom is -0.493 e. The Hall–Kier alpha value is -2.04. The topological polar surface area (TPSA) is 61.8 Å². The second-order valence-corrected chi connectivity index (χ2v) is 5.21. The SMILES string of the molecule is CCOC(=O)CCCCCCC(=O)c1ccc(OC)c(OC)c1. The molecular weight excluding hydrogens is 296 g/mol. The fourth-order valence-electron chi connectivity index (χ4n) is 2.30. The van der Waals surface area contributed by atoms with Crippen LogP contribution in [0.3, 0.4) is 0 Å². The van der Waals surface area contributed by atoms with Crippen molar-refractivity contribution in [3.8, 4) is 11.5 Å². The molecule has 0 saturated heterocycles. The molecule has 1 aromatic carbocycles. The summed E-state index contributed by atoms with van der Waals surface area (Å²) in [6.45, 7) is 2.23. The van der Waals surface area contributed by atoms with Crippen LogP contribution < -0.4 is 9.47 Å². The second-order valence-electron chi connectivity index (χ2n) is 5.21. The standard InChI is InChI=1S/C18H26O5/c1-4-23-18(20)10-8-6-5-7-9-15(19)14-11-12-16(21-2)17(13-14)22-3/h11-13H,4-10H2,1-3H3. The molecule has 1 rings (SSSR count). The van der Waals surface area contributed by atoms with Crippen molar-refractivity contribution < 1.29 is 23.8 Å². The number of ketones is 1. The average Bonchev–Trinajstić information content (AvgIpc) is 2.57. The molecule has 23 heavy (non-hydrogen) atoms. The van der Waals surface area contributed by atoms with Gasteiger partial charge in [-0.15, -0.1) is 0 Å². The van der Waals surface area contributed by atoms with Crippen LogP contribution in [0.15, 0.2) is 18.2 Å². The maximum atomic E-state index is 12.2. The molecule has 0 bridgehead atoms. The van der Waals surface area contributed by atoms with Gasteiger partial charge in [0.25, 0.3) is 0 Å². The summed E-state index contributed by atoms with van der Waals surface area (Å²) in [6.07, 6.45) is 4.43. The van der Waals surface area contributed by atoms with Crippen molar-refractivity contribution >= 4 is 11.8 Å². The Morgan fingerprint density at radius 2 is 1.57 bits per heavy atom. The third kappa shape index (κ3) is 6.72. The van der Waals surface area contributed by atoms with Gasteiger partial charge in [-0.05, 0) is 38.0 Å². The van der Waals surface area contributed by atoms with Gasteiger partial charge in [-0.25, -0.2) is 0 Å². The van der Waals surface area contributed by atoms with Crippen LogP contribution in [0.1, 0.15) is 55.8 Å². The molecule has 0 fully saturated rings. The molecule has 1 aromatic rings. The van der Waals surface area contributed by atoms with E-state index in [-0.39, 0.29) is 11.8 Å². The van der Waals surface area contributed by atoms with E-state index in [1.54, 1.807) is 39.3 Å². The maximum absolute atomic E-state index is 12.2. The average molecular weight is 322 g/mol. The monoisotopic (exact) mass is 322 g/mol. The van der Waals surface area contributed by atoms with E-state index in [4.69, 9.17) is 14.2 Å². The van der Waals surface area contributed by atoms with Crippen LogP contribution in [0.2, 0.25) is 0 Å². The summed E-state index contributed by atoms with van der Waals surface area (Å²) in [6, 6.07) is 5.21. The number of ether oxygens (including phenoxy) is 3. The van der Waals surface area contributed by atoms with Crippen molar-refractivity contribution in [2.75, 3.05) is 20.8 Å². The molecule has 0 aliphatic carbocycles. The van der Waals surface area contributed by atoms with E-state index in [0.717, 1.165) is 25.7 Å². The van der Waals surface area contributed by atoms with E-state index >= 15 is 0 Å². The van der Waals surface area contributed by atoms with E-state index in [0.29, 0.717) is 36.5 Å². The third-order valence-electron chi connectivity index (χ3n) is 3.55. The van der Waals surface area contributed by atoms with Crippen molar-refractivity contribution in [2.24, 2.45) is 0 Å². The molecule has 5 nitrogen and oxygen atoms in total. The molecule has 0 N–H and O–H groups in total. The number of hydrogen-bond donors (Lipinski definition) is 0. The number of rotatable bonds is 11. The van der Waals surface area contributed by atoms with Gasteiger partial charge in [0.2, 0.25) is 0 Å². The Bertz CT molecular complexity index is 510. The molecule has 0 spiro atoms. The minimum absolute atomic E-state index is 0.0938. The molecule has 0 unspecified atom stereocenters. The summed E-state index contributed by atoms with van der Waals surface area (Å²) in [5.41, 5.74) is 0.633. The lowest BCUT2D eigenvalue weighted by molar-refractivity contribution is -0.143. The Morgan fingerprint density at radius 3 is 2.17 bits per heavy atom. The molecule has 0 radical (unpaired) electrons. The number of carbonyl (C=O) groups excluding carboxylic acids is 2. The van der Waals surface area contributed by atoms with Crippen LogP contribution in [-0.2, 0) is 9.53 Å². The molecule has 128 valence electrons. The van der Waals surface area contributed by atoms with E-state index in [2.05, 4.69) is 0 Å². The Kier molecular flexibility index (Phi) is 8.80. The molecule has 0 aromatic heterocycles. The molecule has 0 aliphatic heterocycles. The van der Waals surface area contributed by atoms with Crippen LogP contribution in [0, 0.1) is 0 Å². The van der Waals surface area contributed by atoms with E-state index in [1.807, 2.05) is 0 Å². The number of Topliss-reactive ketones (excluding diaryl/α,β-unsaturated/α-hetero) is 1. The number of benzene rings is 1. The van der Waals surface area contributed by atoms with Gasteiger partial charge in [-0.2, -0.15) is 0 Å². The van der Waals surface area contributed by atoms with Gasteiger partial charge >= 0.3 is 5.97 Å². The zero-order chi connectivity index (χ0) is 17.1. The number of hydrogen-bond acceptors (Lipinski definition) is 5. The van der Waals surface area contributed by atoms with E-state index < -0.39 is 0 Å². The zero-order valence-electron chi connectivity index (χ0n) is 14.2. The highest BCUT2D eigenvalue weighted by Gasteiger charge is 2.10. The zero-order valence-corrected chi connectivity index (χ0v) is 14.2. The smallest absolute Gasteiger partial charge is 0.305 e. The maximum Gasteiger partial charge on any atom is 0.305 e. The second kappa shape index (κ2) is 10.6. The molecule has 0 aliphatic rings. The van der Waals surface area contributed by atoms with Gasteiger partial charge in [-0.1, -0.05) is 12.8 Å². The normalized spacial score (nSPS) is 10.2. The summed E-state index contributed by atoms with van der Waals surface area (Å²) in [7, 11) is 3.12. The van der Waals surface area contributed by atoms with Gasteiger partial charge in [0.05, 0.1) is 20.8 Å². The number of unbranched alkanes of at least 4 members (excludes halogenated alkanes) is 3. The summed E-state index contributed by atoms with van der Waals surface area (Å²) in [5, 5.41) is 0. The van der Waals surface area contributed by atoms with Crippen molar-refractivity contribution in [1.82, 2.24) is 0 Å². The fraction of sp³-hybridized carbons (Fsp3) is 0.556. The first-order valence-electron chi connectivity index (χ1n) is 8.03.